The maximum absolute atomic E-state index is 14.2. The molecule has 3 heterocycles. The lowest BCUT2D eigenvalue weighted by Crippen LogP contribution is -2.51. The van der Waals surface area contributed by atoms with Crippen LogP contribution in [0.25, 0.3) is 0 Å². The van der Waals surface area contributed by atoms with Crippen molar-refractivity contribution < 1.29 is 21.9 Å². The zero-order chi connectivity index (χ0) is 21.0. The van der Waals surface area contributed by atoms with E-state index in [-0.39, 0.29) is 22.9 Å². The Morgan fingerprint density at radius 1 is 1.13 bits per heavy atom. The molecule has 2 N–H and O–H groups in total. The average molecular weight is 442 g/mol. The molecule has 9 heteroatoms. The third kappa shape index (κ3) is 3.68. The number of likely N-dealkylation sites (tertiary alicyclic amines) is 1. The van der Waals surface area contributed by atoms with Crippen molar-refractivity contribution in [1.82, 2.24) is 9.21 Å². The van der Waals surface area contributed by atoms with Gasteiger partial charge in [0.25, 0.3) is 0 Å². The molecule has 0 spiro atoms. The van der Waals surface area contributed by atoms with E-state index in [4.69, 9.17) is 10.5 Å². The summed E-state index contributed by atoms with van der Waals surface area (Å²) in [7, 11) is -3.19. The lowest BCUT2D eigenvalue weighted by Gasteiger charge is -2.39. The molecule has 3 aliphatic heterocycles. The van der Waals surface area contributed by atoms with Gasteiger partial charge in [0, 0.05) is 43.3 Å². The molecule has 4 aliphatic rings. The van der Waals surface area contributed by atoms with Crippen molar-refractivity contribution in [2.24, 2.45) is 11.7 Å². The summed E-state index contributed by atoms with van der Waals surface area (Å²) in [4.78, 5) is 2.30. The smallest absolute Gasteiger partial charge is 0.217 e. The van der Waals surface area contributed by atoms with E-state index >= 15 is 0 Å². The van der Waals surface area contributed by atoms with Crippen molar-refractivity contribution in [1.29, 1.82) is 0 Å². The largest absolute Gasteiger partial charge is 0.370 e. The highest BCUT2D eigenvalue weighted by molar-refractivity contribution is 7.90. The zero-order valence-electron chi connectivity index (χ0n) is 16.9. The number of hydrogen-bond donors (Lipinski definition) is 1. The van der Waals surface area contributed by atoms with Gasteiger partial charge < -0.3 is 10.5 Å². The van der Waals surface area contributed by atoms with Crippen LogP contribution in [0.2, 0.25) is 0 Å². The Balaban J connectivity index is 1.27. The van der Waals surface area contributed by atoms with Crippen LogP contribution in [0, 0.1) is 17.6 Å². The number of sulfonamides is 1. The van der Waals surface area contributed by atoms with Gasteiger partial charge in [-0.2, -0.15) is 4.31 Å². The van der Waals surface area contributed by atoms with E-state index in [1.54, 1.807) is 4.31 Å². The Morgan fingerprint density at radius 2 is 1.93 bits per heavy atom. The third-order valence-electron chi connectivity index (χ3n) is 7.21. The van der Waals surface area contributed by atoms with Gasteiger partial charge in [0.15, 0.2) is 0 Å². The summed E-state index contributed by atoms with van der Waals surface area (Å²) in [6, 6.07) is 2.98. The number of nitrogens with zero attached hydrogens (tertiary/aromatic N) is 2. The molecule has 2 unspecified atom stereocenters. The van der Waals surface area contributed by atoms with Gasteiger partial charge in [-0.3, -0.25) is 4.90 Å². The highest BCUT2D eigenvalue weighted by Crippen LogP contribution is 2.40. The number of ether oxygens (including phenoxy) is 1. The highest BCUT2D eigenvalue weighted by Gasteiger charge is 2.50. The average Bonchev–Trinajstić information content (AvgIpc) is 3.49. The zero-order valence-corrected chi connectivity index (χ0v) is 17.7. The van der Waals surface area contributed by atoms with Crippen LogP contribution >= 0.6 is 0 Å². The first-order valence-corrected chi connectivity index (χ1v) is 12.4. The number of piperidine rings is 1. The van der Waals surface area contributed by atoms with Crippen molar-refractivity contribution in [3.05, 3.63) is 35.4 Å². The maximum Gasteiger partial charge on any atom is 0.217 e. The fraction of sp³-hybridized carbons (Fsp3) is 0.714. The molecule has 5 atom stereocenters. The SMILES string of the molecule is N[C@H]1C[C@@H](N2CC3CCCN(S(=O)(=O)C4CC4)C3C2)CO[C@@H]1c1cc(F)ccc1F. The maximum atomic E-state index is 14.2. The minimum absolute atomic E-state index is 0.0268. The molecule has 0 aromatic heterocycles. The van der Waals surface area contributed by atoms with E-state index < -0.39 is 33.8 Å². The number of nitrogens with two attached hydrogens (primary N) is 1. The van der Waals surface area contributed by atoms with Crippen LogP contribution in [0.3, 0.4) is 0 Å². The molecule has 1 aromatic carbocycles. The van der Waals surface area contributed by atoms with Crippen LogP contribution in [0.5, 0.6) is 0 Å². The molecular weight excluding hydrogens is 412 g/mol. The van der Waals surface area contributed by atoms with Crippen LogP contribution in [0.4, 0.5) is 8.78 Å². The second-order valence-corrected chi connectivity index (χ2v) is 11.4. The van der Waals surface area contributed by atoms with E-state index in [2.05, 4.69) is 4.90 Å². The molecular formula is C21H29F2N3O3S. The summed E-state index contributed by atoms with van der Waals surface area (Å²) in [5.74, 6) is -0.685. The van der Waals surface area contributed by atoms with Crippen LogP contribution in [-0.4, -0.2) is 67.2 Å². The lowest BCUT2D eigenvalue weighted by atomic mass is 9.93. The van der Waals surface area contributed by atoms with Crippen molar-refractivity contribution in [2.45, 2.75) is 61.6 Å². The highest BCUT2D eigenvalue weighted by atomic mass is 32.2. The normalized spacial score (nSPS) is 36.0. The van der Waals surface area contributed by atoms with Gasteiger partial charge in [-0.1, -0.05) is 0 Å². The molecule has 1 saturated carbocycles. The molecule has 0 radical (unpaired) electrons. The topological polar surface area (TPSA) is 75.9 Å². The Morgan fingerprint density at radius 3 is 2.67 bits per heavy atom. The number of rotatable bonds is 4. The summed E-state index contributed by atoms with van der Waals surface area (Å²) in [5, 5.41) is -0.182. The number of benzene rings is 1. The molecule has 1 aromatic rings. The molecule has 30 heavy (non-hydrogen) atoms. The van der Waals surface area contributed by atoms with Crippen molar-refractivity contribution >= 4 is 10.0 Å². The number of fused-ring (bicyclic) bond motifs is 1. The molecule has 3 saturated heterocycles. The van der Waals surface area contributed by atoms with Gasteiger partial charge in [-0.15, -0.1) is 0 Å². The van der Waals surface area contributed by atoms with Gasteiger partial charge in [0.1, 0.15) is 17.7 Å². The first-order valence-electron chi connectivity index (χ1n) is 10.9. The van der Waals surface area contributed by atoms with E-state index in [0.29, 0.717) is 32.0 Å². The molecule has 0 bridgehead atoms. The lowest BCUT2D eigenvalue weighted by molar-refractivity contribution is -0.0480. The van der Waals surface area contributed by atoms with Crippen molar-refractivity contribution in [2.75, 3.05) is 26.2 Å². The van der Waals surface area contributed by atoms with Crippen LogP contribution in [0.15, 0.2) is 18.2 Å². The quantitative estimate of drug-likeness (QED) is 0.774. The summed E-state index contributed by atoms with van der Waals surface area (Å²) < 4.78 is 61.2. The van der Waals surface area contributed by atoms with E-state index in [9.17, 15) is 17.2 Å². The van der Waals surface area contributed by atoms with E-state index in [1.807, 2.05) is 0 Å². The van der Waals surface area contributed by atoms with Gasteiger partial charge in [-0.25, -0.2) is 17.2 Å². The minimum atomic E-state index is -3.19. The Labute approximate surface area is 176 Å². The van der Waals surface area contributed by atoms with Crippen molar-refractivity contribution in [3.63, 3.8) is 0 Å². The second kappa shape index (κ2) is 7.78. The Bertz CT molecular complexity index is 911. The Hall–Kier alpha value is -1.13. The number of halogens is 2. The second-order valence-electron chi connectivity index (χ2n) is 9.25. The first kappa shape index (κ1) is 20.8. The summed E-state index contributed by atoms with van der Waals surface area (Å²) in [6.45, 7) is 2.52. The molecule has 0 amide bonds. The summed E-state index contributed by atoms with van der Waals surface area (Å²) in [5.41, 5.74) is 6.50. The monoisotopic (exact) mass is 441 g/mol. The van der Waals surface area contributed by atoms with E-state index in [0.717, 1.165) is 50.4 Å². The first-order chi connectivity index (χ1) is 14.3. The number of hydrogen-bond acceptors (Lipinski definition) is 5. The molecule has 5 rings (SSSR count). The molecule has 166 valence electrons. The predicted molar refractivity (Wildman–Crippen MR) is 108 cm³/mol. The fourth-order valence-corrected chi connectivity index (χ4v) is 7.61. The summed E-state index contributed by atoms with van der Waals surface area (Å²) in [6.07, 6.45) is 3.44. The van der Waals surface area contributed by atoms with Crippen LogP contribution in [-0.2, 0) is 14.8 Å². The predicted octanol–water partition coefficient (Wildman–Crippen LogP) is 2.01. The molecule has 1 aliphatic carbocycles. The summed E-state index contributed by atoms with van der Waals surface area (Å²) >= 11 is 0. The van der Waals surface area contributed by atoms with Crippen LogP contribution in [0.1, 0.15) is 43.8 Å². The molecule has 4 fully saturated rings. The van der Waals surface area contributed by atoms with Gasteiger partial charge in [-0.05, 0) is 56.2 Å². The van der Waals surface area contributed by atoms with E-state index in [1.165, 1.54) is 0 Å². The standard InChI is InChI=1S/C21H29F2N3O3S/c22-14-3-6-18(23)17(8-14)21-19(24)9-15(12-29-21)25-10-13-2-1-7-26(20(13)11-25)30(27,28)16-4-5-16/h3,6,8,13,15-16,19-21H,1-2,4-5,7,9-12,24H2/t13?,15-,19+,20?,21-/m1/s1. The molecule has 6 nitrogen and oxygen atoms in total. The van der Waals surface area contributed by atoms with Gasteiger partial charge in [0.2, 0.25) is 10.0 Å². The third-order valence-corrected chi connectivity index (χ3v) is 9.63. The fourth-order valence-electron chi connectivity index (χ4n) is 5.49. The Kier molecular flexibility index (Phi) is 5.38. The van der Waals surface area contributed by atoms with Crippen molar-refractivity contribution in [3.8, 4) is 0 Å². The van der Waals surface area contributed by atoms with Crippen LogP contribution < -0.4 is 5.73 Å². The van der Waals surface area contributed by atoms with Gasteiger partial charge >= 0.3 is 0 Å². The van der Waals surface area contributed by atoms with Gasteiger partial charge in [0.05, 0.1) is 11.9 Å². The minimum Gasteiger partial charge on any atom is -0.370 e.